The van der Waals surface area contributed by atoms with Crippen LogP contribution in [0.25, 0.3) is 0 Å². The van der Waals surface area contributed by atoms with Crippen molar-refractivity contribution in [2.45, 2.75) is 64.9 Å². The molecule has 3 fully saturated rings. The van der Waals surface area contributed by atoms with Crippen LogP contribution in [0.2, 0.25) is 0 Å². The van der Waals surface area contributed by atoms with Crippen LogP contribution in [0.1, 0.15) is 58.8 Å². The molecule has 120 valence electrons. The quantitative estimate of drug-likeness (QED) is 0.748. The molecule has 0 radical (unpaired) electrons. The molecule has 0 aromatic heterocycles. The van der Waals surface area contributed by atoms with Crippen LogP contribution in [-0.2, 0) is 9.59 Å². The van der Waals surface area contributed by atoms with Gasteiger partial charge in [-0.2, -0.15) is 0 Å². The van der Waals surface area contributed by atoms with Gasteiger partial charge in [-0.15, -0.1) is 0 Å². The van der Waals surface area contributed by atoms with Gasteiger partial charge in [-0.1, -0.05) is 19.4 Å². The predicted molar refractivity (Wildman–Crippen MR) is 83.1 cm³/mol. The van der Waals surface area contributed by atoms with Crippen LogP contribution in [0.15, 0.2) is 11.6 Å². The van der Waals surface area contributed by atoms with Gasteiger partial charge in [0.05, 0.1) is 6.10 Å². The maximum atomic E-state index is 13.0. The van der Waals surface area contributed by atoms with E-state index >= 15 is 0 Å². The minimum Gasteiger partial charge on any atom is -0.393 e. The molecule has 4 aliphatic rings. The summed E-state index contributed by atoms with van der Waals surface area (Å²) in [6.45, 7) is 4.34. The smallest absolute Gasteiger partial charge is 0.155 e. The molecule has 3 nitrogen and oxygen atoms in total. The Labute approximate surface area is 132 Å². The number of Topliss-reactive ketones (excluding diaryl/α,β-unsaturated/α-hetero) is 1. The molecule has 0 amide bonds. The number of rotatable bonds is 0. The number of aliphatic hydroxyl groups is 1. The highest BCUT2D eigenvalue weighted by molar-refractivity contribution is 5.93. The molecular formula is C19H26O3. The Hall–Kier alpha value is -0.960. The van der Waals surface area contributed by atoms with Crippen molar-refractivity contribution in [3.63, 3.8) is 0 Å². The van der Waals surface area contributed by atoms with Crippen molar-refractivity contribution >= 4 is 11.6 Å². The first-order chi connectivity index (χ1) is 10.4. The Morgan fingerprint density at radius 1 is 1.14 bits per heavy atom. The van der Waals surface area contributed by atoms with Gasteiger partial charge >= 0.3 is 0 Å². The maximum Gasteiger partial charge on any atom is 0.155 e. The van der Waals surface area contributed by atoms with Gasteiger partial charge in [-0.25, -0.2) is 0 Å². The molecule has 0 aromatic carbocycles. The molecule has 3 heteroatoms. The van der Waals surface area contributed by atoms with Crippen LogP contribution >= 0.6 is 0 Å². The fraction of sp³-hybridized carbons (Fsp3) is 0.789. The number of aliphatic hydroxyl groups excluding tert-OH is 1. The third-order valence-corrected chi connectivity index (χ3v) is 7.60. The molecule has 0 bridgehead atoms. The lowest BCUT2D eigenvalue weighted by atomic mass is 9.47. The van der Waals surface area contributed by atoms with E-state index in [2.05, 4.69) is 13.8 Å². The van der Waals surface area contributed by atoms with Crippen LogP contribution in [0.4, 0.5) is 0 Å². The summed E-state index contributed by atoms with van der Waals surface area (Å²) in [5.74, 6) is 1.52. The Kier molecular flexibility index (Phi) is 3.01. The van der Waals surface area contributed by atoms with Crippen LogP contribution in [-0.4, -0.2) is 22.8 Å². The first kappa shape index (κ1) is 14.6. The van der Waals surface area contributed by atoms with E-state index in [1.54, 1.807) is 0 Å². The van der Waals surface area contributed by atoms with Crippen molar-refractivity contribution in [3.05, 3.63) is 11.6 Å². The van der Waals surface area contributed by atoms with Crippen molar-refractivity contribution in [3.8, 4) is 0 Å². The van der Waals surface area contributed by atoms with Gasteiger partial charge in [0, 0.05) is 24.2 Å². The van der Waals surface area contributed by atoms with E-state index in [-0.39, 0.29) is 28.6 Å². The van der Waals surface area contributed by atoms with Crippen molar-refractivity contribution in [1.82, 2.24) is 0 Å². The molecule has 3 saturated carbocycles. The summed E-state index contributed by atoms with van der Waals surface area (Å²) in [5, 5.41) is 10.4. The molecule has 4 aliphatic carbocycles. The largest absolute Gasteiger partial charge is 0.393 e. The average molecular weight is 302 g/mol. The SMILES string of the molecule is C[C@]12CC(=O)C3C(CCC4=CC(=O)CC[C@@]43C)C1CCC2O. The fourth-order valence-electron chi connectivity index (χ4n) is 6.36. The topological polar surface area (TPSA) is 54.4 Å². The Bertz CT molecular complexity index is 577. The van der Waals surface area contributed by atoms with E-state index in [1.807, 2.05) is 6.08 Å². The number of fused-ring (bicyclic) bond motifs is 5. The van der Waals surface area contributed by atoms with Crippen molar-refractivity contribution < 1.29 is 14.7 Å². The Balaban J connectivity index is 1.76. The van der Waals surface area contributed by atoms with Crippen molar-refractivity contribution in [2.24, 2.45) is 28.6 Å². The van der Waals surface area contributed by atoms with E-state index in [1.165, 1.54) is 5.57 Å². The molecule has 4 rings (SSSR count). The van der Waals surface area contributed by atoms with E-state index in [0.29, 0.717) is 30.5 Å². The summed E-state index contributed by atoms with van der Waals surface area (Å²) >= 11 is 0. The third kappa shape index (κ3) is 1.72. The first-order valence-corrected chi connectivity index (χ1v) is 8.81. The second kappa shape index (κ2) is 4.53. The highest BCUT2D eigenvalue weighted by atomic mass is 16.3. The third-order valence-electron chi connectivity index (χ3n) is 7.60. The number of carbonyl (C=O) groups excluding carboxylic acids is 2. The van der Waals surface area contributed by atoms with E-state index < -0.39 is 0 Å². The highest BCUT2D eigenvalue weighted by Gasteiger charge is 2.61. The predicted octanol–water partition coefficient (Wildman–Crippen LogP) is 3.06. The molecule has 22 heavy (non-hydrogen) atoms. The lowest BCUT2D eigenvalue weighted by molar-refractivity contribution is -0.148. The molecule has 0 spiro atoms. The van der Waals surface area contributed by atoms with E-state index in [0.717, 1.165) is 32.1 Å². The minimum absolute atomic E-state index is 0.0731. The number of ketones is 2. The molecule has 1 N–H and O–H groups in total. The molecule has 0 heterocycles. The summed E-state index contributed by atoms with van der Waals surface area (Å²) in [4.78, 5) is 24.8. The van der Waals surface area contributed by atoms with Gasteiger partial charge < -0.3 is 5.11 Å². The zero-order valence-electron chi connectivity index (χ0n) is 13.6. The molecular weight excluding hydrogens is 276 g/mol. The molecule has 0 aliphatic heterocycles. The number of allylic oxidation sites excluding steroid dienone is 1. The van der Waals surface area contributed by atoms with Crippen LogP contribution in [0.3, 0.4) is 0 Å². The molecule has 0 aromatic rings. The molecule has 4 unspecified atom stereocenters. The lowest BCUT2D eigenvalue weighted by Gasteiger charge is -2.56. The zero-order chi connectivity index (χ0) is 15.7. The van der Waals surface area contributed by atoms with Gasteiger partial charge in [0.15, 0.2) is 5.78 Å². The fourth-order valence-corrected chi connectivity index (χ4v) is 6.36. The van der Waals surface area contributed by atoms with E-state index in [4.69, 9.17) is 0 Å². The molecule has 6 atom stereocenters. The summed E-state index contributed by atoms with van der Waals surface area (Å²) in [5.41, 5.74) is 0.906. The number of hydrogen-bond acceptors (Lipinski definition) is 3. The molecule has 0 saturated heterocycles. The Morgan fingerprint density at radius 3 is 2.68 bits per heavy atom. The maximum absolute atomic E-state index is 13.0. The first-order valence-electron chi connectivity index (χ1n) is 8.81. The Morgan fingerprint density at radius 2 is 1.91 bits per heavy atom. The van der Waals surface area contributed by atoms with Crippen LogP contribution < -0.4 is 0 Å². The summed E-state index contributed by atoms with van der Waals surface area (Å²) in [6, 6.07) is 0. The zero-order valence-corrected chi connectivity index (χ0v) is 13.6. The summed E-state index contributed by atoms with van der Waals surface area (Å²) in [6.07, 6.45) is 7.33. The second-order valence-electron chi connectivity index (χ2n) is 8.58. The van der Waals surface area contributed by atoms with Gasteiger partial charge in [0.1, 0.15) is 5.78 Å². The van der Waals surface area contributed by atoms with Crippen LogP contribution in [0.5, 0.6) is 0 Å². The van der Waals surface area contributed by atoms with Gasteiger partial charge in [-0.3, -0.25) is 9.59 Å². The van der Waals surface area contributed by atoms with Crippen molar-refractivity contribution in [2.75, 3.05) is 0 Å². The monoisotopic (exact) mass is 302 g/mol. The number of hydrogen-bond donors (Lipinski definition) is 1. The van der Waals surface area contributed by atoms with E-state index in [9.17, 15) is 14.7 Å². The van der Waals surface area contributed by atoms with Gasteiger partial charge in [0.2, 0.25) is 0 Å². The normalized spacial score (nSPS) is 51.0. The van der Waals surface area contributed by atoms with Crippen molar-refractivity contribution in [1.29, 1.82) is 0 Å². The standard InChI is InChI=1S/C19H26O3/c1-18-8-7-12(20)9-11(18)3-4-13-14-5-6-16(22)19(14,2)10-15(21)17(13)18/h9,13-14,16-17,22H,3-8,10H2,1-2H3/t13?,14?,16?,17?,18-,19-/m0/s1. The minimum atomic E-state index is -0.319. The summed E-state index contributed by atoms with van der Waals surface area (Å²) in [7, 11) is 0. The lowest BCUT2D eigenvalue weighted by Crippen LogP contribution is -2.55. The van der Waals surface area contributed by atoms with Gasteiger partial charge in [0.25, 0.3) is 0 Å². The second-order valence-corrected chi connectivity index (χ2v) is 8.58. The average Bonchev–Trinajstić information content (AvgIpc) is 2.75. The summed E-state index contributed by atoms with van der Waals surface area (Å²) < 4.78 is 0. The highest BCUT2D eigenvalue weighted by Crippen LogP contribution is 2.64. The number of carbonyl (C=O) groups is 2. The van der Waals surface area contributed by atoms with Gasteiger partial charge in [-0.05, 0) is 55.4 Å². The van der Waals surface area contributed by atoms with Crippen LogP contribution in [0, 0.1) is 28.6 Å².